The lowest BCUT2D eigenvalue weighted by Crippen LogP contribution is -2.31. The summed E-state index contributed by atoms with van der Waals surface area (Å²) in [5.74, 6) is 2.01. The first-order valence-corrected chi connectivity index (χ1v) is 5.28. The molecule has 0 saturated heterocycles. The van der Waals surface area contributed by atoms with E-state index in [0.717, 1.165) is 11.8 Å². The fraction of sp³-hybridized carbons (Fsp3) is 1.00. The minimum absolute atomic E-state index is 0.0449. The summed E-state index contributed by atoms with van der Waals surface area (Å²) in [7, 11) is 0. The first-order chi connectivity index (χ1) is 5.49. The summed E-state index contributed by atoms with van der Waals surface area (Å²) in [5.41, 5.74) is 5.96. The molecule has 1 rings (SSSR count). The van der Waals surface area contributed by atoms with E-state index in [4.69, 9.17) is 5.73 Å². The first-order valence-electron chi connectivity index (χ1n) is 5.28. The second kappa shape index (κ2) is 3.78. The normalized spacial score (nSPS) is 21.0. The highest BCUT2D eigenvalue weighted by atomic mass is 14.7. The fourth-order valence-electron chi connectivity index (χ4n) is 1.78. The SMILES string of the molecule is CC(CCCC(C)(C)N)C1CC1. The van der Waals surface area contributed by atoms with Crippen LogP contribution in [-0.2, 0) is 0 Å². The second-order valence-electron chi connectivity index (χ2n) is 5.20. The molecule has 1 fully saturated rings. The molecular formula is C11H23N. The van der Waals surface area contributed by atoms with Gasteiger partial charge in [0, 0.05) is 5.54 Å². The van der Waals surface area contributed by atoms with Gasteiger partial charge in [0.1, 0.15) is 0 Å². The van der Waals surface area contributed by atoms with E-state index in [-0.39, 0.29) is 5.54 Å². The number of nitrogens with two attached hydrogens (primary N) is 1. The van der Waals surface area contributed by atoms with Crippen LogP contribution in [0.5, 0.6) is 0 Å². The van der Waals surface area contributed by atoms with E-state index in [1.165, 1.54) is 32.1 Å². The molecule has 0 amide bonds. The summed E-state index contributed by atoms with van der Waals surface area (Å²) in [5, 5.41) is 0. The van der Waals surface area contributed by atoms with Crippen molar-refractivity contribution in [2.45, 2.75) is 58.4 Å². The zero-order chi connectivity index (χ0) is 9.19. The predicted molar refractivity (Wildman–Crippen MR) is 54.0 cm³/mol. The van der Waals surface area contributed by atoms with Gasteiger partial charge in [0.15, 0.2) is 0 Å². The van der Waals surface area contributed by atoms with Crippen LogP contribution in [0.4, 0.5) is 0 Å². The number of hydrogen-bond acceptors (Lipinski definition) is 1. The van der Waals surface area contributed by atoms with Crippen molar-refractivity contribution in [2.75, 3.05) is 0 Å². The van der Waals surface area contributed by atoms with Gasteiger partial charge in [0.25, 0.3) is 0 Å². The van der Waals surface area contributed by atoms with Crippen molar-refractivity contribution in [3.8, 4) is 0 Å². The Bertz CT molecular complexity index is 130. The van der Waals surface area contributed by atoms with E-state index in [1.54, 1.807) is 0 Å². The van der Waals surface area contributed by atoms with Crippen LogP contribution >= 0.6 is 0 Å². The van der Waals surface area contributed by atoms with Gasteiger partial charge in [-0.2, -0.15) is 0 Å². The predicted octanol–water partition coefficient (Wildman–Crippen LogP) is 2.94. The Labute approximate surface area is 76.7 Å². The van der Waals surface area contributed by atoms with Gasteiger partial charge in [-0.25, -0.2) is 0 Å². The highest BCUT2D eigenvalue weighted by Crippen LogP contribution is 2.38. The smallest absolute Gasteiger partial charge is 0.00970 e. The van der Waals surface area contributed by atoms with Crippen molar-refractivity contribution >= 4 is 0 Å². The molecule has 1 nitrogen and oxygen atoms in total. The first kappa shape index (κ1) is 10.0. The Hall–Kier alpha value is -0.0400. The molecule has 0 heterocycles. The van der Waals surface area contributed by atoms with Gasteiger partial charge in [-0.05, 0) is 44.9 Å². The summed E-state index contributed by atoms with van der Waals surface area (Å²) < 4.78 is 0. The van der Waals surface area contributed by atoms with Gasteiger partial charge in [-0.1, -0.05) is 19.8 Å². The third-order valence-corrected chi connectivity index (χ3v) is 2.91. The van der Waals surface area contributed by atoms with E-state index >= 15 is 0 Å². The molecule has 0 bridgehead atoms. The average Bonchev–Trinajstić information content (AvgIpc) is 2.64. The topological polar surface area (TPSA) is 26.0 Å². The minimum Gasteiger partial charge on any atom is -0.326 e. The number of rotatable bonds is 5. The molecule has 1 atom stereocenters. The van der Waals surface area contributed by atoms with Gasteiger partial charge in [0.2, 0.25) is 0 Å². The molecule has 72 valence electrons. The van der Waals surface area contributed by atoms with Crippen LogP contribution in [0, 0.1) is 11.8 Å². The summed E-state index contributed by atoms with van der Waals surface area (Å²) >= 11 is 0. The summed E-state index contributed by atoms with van der Waals surface area (Å²) in [6.45, 7) is 6.63. The molecule has 0 aliphatic heterocycles. The van der Waals surface area contributed by atoms with Crippen LogP contribution < -0.4 is 5.73 Å². The van der Waals surface area contributed by atoms with Crippen molar-refractivity contribution < 1.29 is 0 Å². The zero-order valence-electron chi connectivity index (χ0n) is 8.77. The van der Waals surface area contributed by atoms with Crippen LogP contribution in [0.3, 0.4) is 0 Å². The van der Waals surface area contributed by atoms with E-state index < -0.39 is 0 Å². The molecule has 1 saturated carbocycles. The molecule has 0 aromatic rings. The minimum atomic E-state index is 0.0449. The van der Waals surface area contributed by atoms with Crippen LogP contribution in [0.15, 0.2) is 0 Å². The fourth-order valence-corrected chi connectivity index (χ4v) is 1.78. The largest absolute Gasteiger partial charge is 0.326 e. The standard InChI is InChI=1S/C11H23N/c1-9(10-6-7-10)5-4-8-11(2,3)12/h9-10H,4-8,12H2,1-3H3. The van der Waals surface area contributed by atoms with Gasteiger partial charge in [0.05, 0.1) is 0 Å². The lowest BCUT2D eigenvalue weighted by Gasteiger charge is -2.19. The lowest BCUT2D eigenvalue weighted by molar-refractivity contribution is 0.392. The molecule has 0 spiro atoms. The Balaban J connectivity index is 2.01. The second-order valence-corrected chi connectivity index (χ2v) is 5.20. The van der Waals surface area contributed by atoms with Crippen molar-refractivity contribution in [2.24, 2.45) is 17.6 Å². The van der Waals surface area contributed by atoms with Gasteiger partial charge in [-0.3, -0.25) is 0 Å². The Morgan fingerprint density at radius 3 is 2.42 bits per heavy atom. The molecule has 1 unspecified atom stereocenters. The monoisotopic (exact) mass is 169 g/mol. The van der Waals surface area contributed by atoms with E-state index in [0.29, 0.717) is 0 Å². The molecule has 12 heavy (non-hydrogen) atoms. The van der Waals surface area contributed by atoms with Crippen LogP contribution in [-0.4, -0.2) is 5.54 Å². The summed E-state index contributed by atoms with van der Waals surface area (Å²) in [6.07, 6.45) is 6.82. The summed E-state index contributed by atoms with van der Waals surface area (Å²) in [4.78, 5) is 0. The van der Waals surface area contributed by atoms with E-state index in [2.05, 4.69) is 20.8 Å². The average molecular weight is 169 g/mol. The number of hydrogen-bond donors (Lipinski definition) is 1. The van der Waals surface area contributed by atoms with Crippen molar-refractivity contribution in [1.82, 2.24) is 0 Å². The van der Waals surface area contributed by atoms with Crippen LogP contribution in [0.2, 0.25) is 0 Å². The third kappa shape index (κ3) is 4.10. The molecule has 1 aliphatic carbocycles. The van der Waals surface area contributed by atoms with Crippen molar-refractivity contribution in [3.05, 3.63) is 0 Å². The summed E-state index contributed by atoms with van der Waals surface area (Å²) in [6, 6.07) is 0. The maximum absolute atomic E-state index is 5.91. The quantitative estimate of drug-likeness (QED) is 0.673. The molecule has 0 radical (unpaired) electrons. The van der Waals surface area contributed by atoms with Crippen molar-refractivity contribution in [1.29, 1.82) is 0 Å². The maximum Gasteiger partial charge on any atom is 0.00970 e. The van der Waals surface area contributed by atoms with Gasteiger partial charge in [-0.15, -0.1) is 0 Å². The highest BCUT2D eigenvalue weighted by molar-refractivity contribution is 4.79. The van der Waals surface area contributed by atoms with Crippen LogP contribution in [0.25, 0.3) is 0 Å². The Morgan fingerprint density at radius 1 is 1.42 bits per heavy atom. The van der Waals surface area contributed by atoms with E-state index in [1.807, 2.05) is 0 Å². The Morgan fingerprint density at radius 2 is 2.00 bits per heavy atom. The van der Waals surface area contributed by atoms with E-state index in [9.17, 15) is 0 Å². The van der Waals surface area contributed by atoms with Crippen LogP contribution in [0.1, 0.15) is 52.9 Å². The lowest BCUT2D eigenvalue weighted by atomic mass is 9.93. The van der Waals surface area contributed by atoms with Crippen molar-refractivity contribution in [3.63, 3.8) is 0 Å². The third-order valence-electron chi connectivity index (χ3n) is 2.91. The molecule has 1 heteroatoms. The van der Waals surface area contributed by atoms with Gasteiger partial charge < -0.3 is 5.73 Å². The maximum atomic E-state index is 5.91. The molecule has 1 aliphatic rings. The Kier molecular flexibility index (Phi) is 3.16. The zero-order valence-corrected chi connectivity index (χ0v) is 8.77. The molecule has 0 aromatic heterocycles. The highest BCUT2D eigenvalue weighted by Gasteiger charge is 2.27. The molecular weight excluding hydrogens is 146 g/mol. The van der Waals surface area contributed by atoms with Gasteiger partial charge >= 0.3 is 0 Å². The molecule has 2 N–H and O–H groups in total. The molecule has 0 aromatic carbocycles.